The lowest BCUT2D eigenvalue weighted by atomic mass is 10.1. The van der Waals surface area contributed by atoms with Gasteiger partial charge in [0.2, 0.25) is 5.89 Å². The average molecular weight is 353 g/mol. The zero-order valence-corrected chi connectivity index (χ0v) is 14.6. The van der Waals surface area contributed by atoms with Crippen LogP contribution in [0.5, 0.6) is 0 Å². The highest BCUT2D eigenvalue weighted by Crippen LogP contribution is 2.24. The van der Waals surface area contributed by atoms with E-state index in [9.17, 15) is 9.90 Å². The summed E-state index contributed by atoms with van der Waals surface area (Å²) in [4.78, 5) is 17.8. The molecule has 0 amide bonds. The fourth-order valence-electron chi connectivity index (χ4n) is 3.17. The molecule has 0 saturated carbocycles. The summed E-state index contributed by atoms with van der Waals surface area (Å²) in [5.74, 6) is 1.75. The van der Waals surface area contributed by atoms with Crippen molar-refractivity contribution in [2.24, 2.45) is 0 Å². The minimum absolute atomic E-state index is 0.300. The molecule has 0 radical (unpaired) electrons. The fraction of sp³-hybridized carbons (Fsp3) is 0.333. The summed E-state index contributed by atoms with van der Waals surface area (Å²) in [5, 5.41) is 17.8. The first-order valence-electron chi connectivity index (χ1n) is 8.38. The third kappa shape index (κ3) is 2.99. The monoisotopic (exact) mass is 353 g/mol. The molecule has 1 N–H and O–H groups in total. The van der Waals surface area contributed by atoms with Crippen molar-refractivity contribution in [1.82, 2.24) is 24.6 Å². The molecule has 4 rings (SSSR count). The largest absolute Gasteiger partial charge is 0.480 e. The third-order valence-corrected chi connectivity index (χ3v) is 4.67. The Kier molecular flexibility index (Phi) is 4.04. The highest BCUT2D eigenvalue weighted by atomic mass is 16.4. The number of hydrogen-bond acceptors (Lipinski definition) is 6. The molecule has 1 unspecified atom stereocenters. The molecule has 3 heterocycles. The van der Waals surface area contributed by atoms with Gasteiger partial charge >= 0.3 is 5.97 Å². The lowest BCUT2D eigenvalue weighted by molar-refractivity contribution is -0.145. The van der Waals surface area contributed by atoms with Crippen molar-refractivity contribution in [3.8, 4) is 11.3 Å². The first kappa shape index (κ1) is 16.5. The molecule has 1 aliphatic heterocycles. The van der Waals surface area contributed by atoms with Crippen molar-refractivity contribution < 1.29 is 14.3 Å². The summed E-state index contributed by atoms with van der Waals surface area (Å²) in [6.45, 7) is 4.86. The van der Waals surface area contributed by atoms with E-state index in [4.69, 9.17) is 4.42 Å². The van der Waals surface area contributed by atoms with E-state index in [1.807, 2.05) is 42.7 Å². The zero-order valence-electron chi connectivity index (χ0n) is 14.6. The second-order valence-corrected chi connectivity index (χ2v) is 6.52. The Labute approximate surface area is 150 Å². The third-order valence-electron chi connectivity index (χ3n) is 4.67. The van der Waals surface area contributed by atoms with Gasteiger partial charge in [-0.3, -0.25) is 9.69 Å². The van der Waals surface area contributed by atoms with Crippen LogP contribution in [0.25, 0.3) is 11.3 Å². The first-order valence-corrected chi connectivity index (χ1v) is 8.38. The van der Waals surface area contributed by atoms with Crippen LogP contribution < -0.4 is 0 Å². The fourth-order valence-corrected chi connectivity index (χ4v) is 3.17. The molecule has 0 saturated heterocycles. The Morgan fingerprint density at radius 2 is 2.04 bits per heavy atom. The molecule has 2 aromatic heterocycles. The van der Waals surface area contributed by atoms with Gasteiger partial charge < -0.3 is 14.1 Å². The van der Waals surface area contributed by atoms with Crippen molar-refractivity contribution in [3.05, 3.63) is 53.6 Å². The summed E-state index contributed by atoms with van der Waals surface area (Å²) in [5.41, 5.74) is 2.11. The van der Waals surface area contributed by atoms with Gasteiger partial charge in [0.05, 0.1) is 25.8 Å². The van der Waals surface area contributed by atoms with Crippen LogP contribution in [0.3, 0.4) is 0 Å². The van der Waals surface area contributed by atoms with Gasteiger partial charge in [0.1, 0.15) is 17.7 Å². The van der Waals surface area contributed by atoms with Crippen molar-refractivity contribution in [1.29, 1.82) is 0 Å². The summed E-state index contributed by atoms with van der Waals surface area (Å²) in [7, 11) is 0. The number of carbonyl (C=O) groups is 1. The normalized spacial score (nSPS) is 17.2. The van der Waals surface area contributed by atoms with Crippen molar-refractivity contribution in [2.75, 3.05) is 0 Å². The van der Waals surface area contributed by atoms with Gasteiger partial charge in [-0.25, -0.2) is 4.98 Å². The lowest BCUT2D eigenvalue weighted by Gasteiger charge is -2.32. The molecular weight excluding hydrogens is 334 g/mol. The van der Waals surface area contributed by atoms with Crippen LogP contribution in [0.4, 0.5) is 0 Å². The van der Waals surface area contributed by atoms with E-state index in [1.165, 1.54) is 5.56 Å². The van der Waals surface area contributed by atoms with Gasteiger partial charge in [0.25, 0.3) is 0 Å². The summed E-state index contributed by atoms with van der Waals surface area (Å²) < 4.78 is 7.69. The second-order valence-electron chi connectivity index (χ2n) is 6.52. The van der Waals surface area contributed by atoms with Crippen LogP contribution in [-0.2, 0) is 24.4 Å². The molecule has 0 aliphatic carbocycles. The molecule has 0 fully saturated rings. The second kappa shape index (κ2) is 6.38. The Balaban J connectivity index is 1.56. The van der Waals surface area contributed by atoms with E-state index in [2.05, 4.69) is 15.2 Å². The number of aromatic nitrogens is 4. The van der Waals surface area contributed by atoms with E-state index in [-0.39, 0.29) is 0 Å². The van der Waals surface area contributed by atoms with Crippen LogP contribution in [-0.4, -0.2) is 41.8 Å². The molecule has 0 bridgehead atoms. The van der Waals surface area contributed by atoms with Gasteiger partial charge in [-0.2, -0.15) is 0 Å². The average Bonchev–Trinajstić information content (AvgIpc) is 3.22. The minimum atomic E-state index is -0.880. The van der Waals surface area contributed by atoms with Gasteiger partial charge in [-0.05, 0) is 13.8 Å². The Morgan fingerprint density at radius 1 is 1.27 bits per heavy atom. The zero-order chi connectivity index (χ0) is 18.3. The lowest BCUT2D eigenvalue weighted by Crippen LogP contribution is -2.47. The summed E-state index contributed by atoms with van der Waals surface area (Å²) in [6.07, 6.45) is 1.67. The maximum atomic E-state index is 11.7. The summed E-state index contributed by atoms with van der Waals surface area (Å²) >= 11 is 0. The molecule has 8 nitrogen and oxygen atoms in total. The number of fused-ring (bicyclic) bond motifs is 1. The molecule has 1 atom stereocenters. The number of carboxylic acids is 1. The molecule has 1 aliphatic rings. The van der Waals surface area contributed by atoms with E-state index >= 15 is 0 Å². The molecular formula is C18H19N5O3. The minimum Gasteiger partial charge on any atom is -0.480 e. The quantitative estimate of drug-likeness (QED) is 0.766. The molecule has 26 heavy (non-hydrogen) atoms. The first-order chi connectivity index (χ1) is 12.5. The van der Waals surface area contributed by atoms with E-state index in [0.29, 0.717) is 31.3 Å². The van der Waals surface area contributed by atoms with Gasteiger partial charge in [0.15, 0.2) is 5.76 Å². The van der Waals surface area contributed by atoms with Crippen molar-refractivity contribution >= 4 is 5.97 Å². The molecule has 1 aromatic carbocycles. The number of nitrogens with zero attached hydrogens (tertiary/aromatic N) is 5. The van der Waals surface area contributed by atoms with Gasteiger partial charge in [0, 0.05) is 5.56 Å². The number of oxazole rings is 1. The summed E-state index contributed by atoms with van der Waals surface area (Å²) in [6, 6.07) is 7.31. The van der Waals surface area contributed by atoms with Gasteiger partial charge in [-0.15, -0.1) is 10.2 Å². The van der Waals surface area contributed by atoms with Crippen molar-refractivity contribution in [3.63, 3.8) is 0 Å². The maximum Gasteiger partial charge on any atom is 0.322 e. The number of aliphatic carboxylic acids is 1. The van der Waals surface area contributed by atoms with Crippen LogP contribution in [0, 0.1) is 13.8 Å². The highest BCUT2D eigenvalue weighted by Gasteiger charge is 2.34. The van der Waals surface area contributed by atoms with Crippen LogP contribution in [0.2, 0.25) is 0 Å². The standard InChI is InChI=1S/C18H19N5O3/c1-11-3-5-13(6-4-11)15-7-19-17(26-15)10-22-9-16-21-20-12(2)23(16)8-14(22)18(24)25/h3-7,14H,8-10H2,1-2H3,(H,24,25). The predicted octanol–water partition coefficient (Wildman–Crippen LogP) is 2.02. The molecule has 0 spiro atoms. The maximum absolute atomic E-state index is 11.7. The topological polar surface area (TPSA) is 97.3 Å². The molecule has 134 valence electrons. The Morgan fingerprint density at radius 3 is 2.77 bits per heavy atom. The molecule has 3 aromatic rings. The smallest absolute Gasteiger partial charge is 0.322 e. The number of benzene rings is 1. The number of rotatable bonds is 4. The van der Waals surface area contributed by atoms with Crippen LogP contribution in [0.15, 0.2) is 34.9 Å². The number of aryl methyl sites for hydroxylation is 2. The van der Waals surface area contributed by atoms with Crippen molar-refractivity contribution in [2.45, 2.75) is 39.5 Å². The van der Waals surface area contributed by atoms with Crippen LogP contribution in [0.1, 0.15) is 23.1 Å². The number of hydrogen-bond donors (Lipinski definition) is 1. The number of carboxylic acid groups (broad SMARTS) is 1. The van der Waals surface area contributed by atoms with E-state index < -0.39 is 12.0 Å². The Hall–Kier alpha value is -3.00. The highest BCUT2D eigenvalue weighted by molar-refractivity contribution is 5.73. The van der Waals surface area contributed by atoms with Crippen LogP contribution >= 0.6 is 0 Å². The predicted molar refractivity (Wildman–Crippen MR) is 92.1 cm³/mol. The SMILES string of the molecule is Cc1ccc(-c2cnc(CN3Cc4nnc(C)n4CC3C(=O)O)o2)cc1. The van der Waals surface area contributed by atoms with E-state index in [0.717, 1.165) is 17.2 Å². The van der Waals surface area contributed by atoms with E-state index in [1.54, 1.807) is 11.1 Å². The van der Waals surface area contributed by atoms with Gasteiger partial charge in [-0.1, -0.05) is 29.8 Å². The Bertz CT molecular complexity index is 944. The molecule has 8 heteroatoms.